The zero-order chi connectivity index (χ0) is 14.1. The zero-order valence-corrected chi connectivity index (χ0v) is 11.7. The molecule has 1 saturated carbocycles. The lowest BCUT2D eigenvalue weighted by molar-refractivity contribution is -0.0753. The molecule has 1 aliphatic carbocycles. The number of rotatable bonds is 1. The first-order valence-corrected chi connectivity index (χ1v) is 7.29. The van der Waals surface area contributed by atoms with Gasteiger partial charge in [0.05, 0.1) is 18.8 Å². The second-order valence-electron chi connectivity index (χ2n) is 5.64. The number of morpholine rings is 1. The van der Waals surface area contributed by atoms with Crippen molar-refractivity contribution in [3.63, 3.8) is 0 Å². The number of carbonyl (C=O) groups excluding carboxylic acids is 1. The highest BCUT2D eigenvalue weighted by atomic mass is 16.5. The molecule has 2 atom stereocenters. The number of aryl methyl sites for hydroxylation is 1. The molecule has 0 bridgehead atoms. The molecule has 1 aromatic heterocycles. The van der Waals surface area contributed by atoms with Crippen LogP contribution < -0.4 is 5.56 Å². The number of hydrogen-bond donors (Lipinski definition) is 1. The first kappa shape index (κ1) is 13.4. The van der Waals surface area contributed by atoms with Gasteiger partial charge in [-0.1, -0.05) is 12.8 Å². The topological polar surface area (TPSA) is 62.4 Å². The summed E-state index contributed by atoms with van der Waals surface area (Å²) in [5.41, 5.74) is 0.708. The van der Waals surface area contributed by atoms with Crippen molar-refractivity contribution in [2.24, 2.45) is 0 Å². The summed E-state index contributed by atoms with van der Waals surface area (Å²) in [6, 6.07) is 3.53. The molecule has 0 radical (unpaired) electrons. The van der Waals surface area contributed by atoms with E-state index in [0.717, 1.165) is 31.4 Å². The third-order valence-electron chi connectivity index (χ3n) is 4.28. The first-order chi connectivity index (χ1) is 9.66. The average molecular weight is 276 g/mol. The van der Waals surface area contributed by atoms with Crippen molar-refractivity contribution in [3.05, 3.63) is 33.7 Å². The molecule has 1 aliphatic heterocycles. The molecule has 5 nitrogen and oxygen atoms in total. The van der Waals surface area contributed by atoms with Crippen LogP contribution in [0.2, 0.25) is 0 Å². The number of nitrogens with zero attached hydrogens (tertiary/aromatic N) is 1. The lowest BCUT2D eigenvalue weighted by Gasteiger charge is -2.43. The molecule has 5 heteroatoms. The molecule has 2 fully saturated rings. The summed E-state index contributed by atoms with van der Waals surface area (Å²) < 4.78 is 5.77. The van der Waals surface area contributed by atoms with E-state index in [0.29, 0.717) is 13.2 Å². The van der Waals surface area contributed by atoms with Crippen LogP contribution in [0.3, 0.4) is 0 Å². The normalized spacial score (nSPS) is 26.1. The Bertz CT molecular complexity index is 564. The highest BCUT2D eigenvalue weighted by Gasteiger charge is 2.37. The summed E-state index contributed by atoms with van der Waals surface area (Å²) in [6.07, 6.45) is 4.41. The molecule has 0 unspecified atom stereocenters. The van der Waals surface area contributed by atoms with Crippen LogP contribution in [0.25, 0.3) is 0 Å². The molecule has 108 valence electrons. The van der Waals surface area contributed by atoms with Crippen molar-refractivity contribution in [1.82, 2.24) is 9.88 Å². The number of aromatic amines is 1. The van der Waals surface area contributed by atoms with Gasteiger partial charge in [0, 0.05) is 12.2 Å². The van der Waals surface area contributed by atoms with Gasteiger partial charge in [-0.25, -0.2) is 0 Å². The monoisotopic (exact) mass is 276 g/mol. The molecule has 1 N–H and O–H groups in total. The standard InChI is InChI=1S/C15H20N2O3/c1-10-6-7-11(14(18)16-10)15(19)17-8-9-20-13-5-3-2-4-12(13)17/h6-7,12-13H,2-5,8-9H2,1H3,(H,16,18)/t12-,13-/m0/s1. The largest absolute Gasteiger partial charge is 0.374 e. The maximum absolute atomic E-state index is 12.6. The van der Waals surface area contributed by atoms with Crippen molar-refractivity contribution in [2.45, 2.75) is 44.8 Å². The van der Waals surface area contributed by atoms with Gasteiger partial charge in [0.15, 0.2) is 0 Å². The van der Waals surface area contributed by atoms with Crippen LogP contribution >= 0.6 is 0 Å². The van der Waals surface area contributed by atoms with Gasteiger partial charge in [-0.15, -0.1) is 0 Å². The number of aromatic nitrogens is 1. The Kier molecular flexibility index (Phi) is 3.61. The minimum absolute atomic E-state index is 0.130. The Balaban J connectivity index is 1.87. The fourth-order valence-electron chi connectivity index (χ4n) is 3.24. The van der Waals surface area contributed by atoms with Crippen molar-refractivity contribution in [1.29, 1.82) is 0 Å². The molecular formula is C15H20N2O3. The van der Waals surface area contributed by atoms with E-state index in [9.17, 15) is 9.59 Å². The Morgan fingerprint density at radius 3 is 2.95 bits per heavy atom. The summed E-state index contributed by atoms with van der Waals surface area (Å²) >= 11 is 0. The summed E-state index contributed by atoms with van der Waals surface area (Å²) in [6.45, 7) is 2.95. The molecular weight excluding hydrogens is 256 g/mol. The predicted octanol–water partition coefficient (Wildman–Crippen LogP) is 1.47. The van der Waals surface area contributed by atoms with E-state index in [1.54, 1.807) is 12.1 Å². The Labute approximate surface area is 117 Å². The second kappa shape index (κ2) is 5.40. The van der Waals surface area contributed by atoms with Crippen LogP contribution in [0.15, 0.2) is 16.9 Å². The third kappa shape index (κ3) is 2.38. The number of carbonyl (C=O) groups is 1. The van der Waals surface area contributed by atoms with Crippen molar-refractivity contribution in [3.8, 4) is 0 Å². The van der Waals surface area contributed by atoms with E-state index in [4.69, 9.17) is 4.74 Å². The second-order valence-corrected chi connectivity index (χ2v) is 5.64. The Morgan fingerprint density at radius 2 is 2.15 bits per heavy atom. The molecule has 3 rings (SSSR count). The minimum Gasteiger partial charge on any atom is -0.374 e. The molecule has 20 heavy (non-hydrogen) atoms. The molecule has 1 amide bonds. The van der Waals surface area contributed by atoms with Crippen molar-refractivity contribution in [2.75, 3.05) is 13.2 Å². The fourth-order valence-corrected chi connectivity index (χ4v) is 3.24. The van der Waals surface area contributed by atoms with Crippen LogP contribution in [0, 0.1) is 6.92 Å². The van der Waals surface area contributed by atoms with Gasteiger partial charge >= 0.3 is 0 Å². The first-order valence-electron chi connectivity index (χ1n) is 7.29. The molecule has 0 spiro atoms. The lowest BCUT2D eigenvalue weighted by atomic mass is 9.90. The van der Waals surface area contributed by atoms with Crippen LogP contribution in [0.1, 0.15) is 41.7 Å². The summed E-state index contributed by atoms with van der Waals surface area (Å²) in [5, 5.41) is 0. The lowest BCUT2D eigenvalue weighted by Crippen LogP contribution is -2.55. The van der Waals surface area contributed by atoms with Crippen molar-refractivity contribution >= 4 is 5.91 Å². The number of fused-ring (bicyclic) bond motifs is 1. The van der Waals surface area contributed by atoms with Gasteiger partial charge in [-0.05, 0) is 31.9 Å². The number of H-pyrrole nitrogens is 1. The van der Waals surface area contributed by atoms with Gasteiger partial charge in [0.1, 0.15) is 5.56 Å². The van der Waals surface area contributed by atoms with Gasteiger partial charge in [0.2, 0.25) is 0 Å². The molecule has 2 heterocycles. The number of amides is 1. The maximum Gasteiger partial charge on any atom is 0.260 e. The van der Waals surface area contributed by atoms with E-state index in [1.807, 2.05) is 11.8 Å². The minimum atomic E-state index is -0.297. The smallest absolute Gasteiger partial charge is 0.260 e. The number of ether oxygens (including phenoxy) is 1. The van der Waals surface area contributed by atoms with E-state index in [1.165, 1.54) is 0 Å². The average Bonchev–Trinajstić information content (AvgIpc) is 2.46. The third-order valence-corrected chi connectivity index (χ3v) is 4.28. The van der Waals surface area contributed by atoms with Crippen LogP contribution in [0.4, 0.5) is 0 Å². The predicted molar refractivity (Wildman–Crippen MR) is 74.8 cm³/mol. The fraction of sp³-hybridized carbons (Fsp3) is 0.600. The van der Waals surface area contributed by atoms with Gasteiger partial charge in [-0.2, -0.15) is 0 Å². The van der Waals surface area contributed by atoms with Crippen molar-refractivity contribution < 1.29 is 9.53 Å². The Hall–Kier alpha value is -1.62. The van der Waals surface area contributed by atoms with E-state index in [-0.39, 0.29) is 29.2 Å². The molecule has 1 saturated heterocycles. The van der Waals surface area contributed by atoms with E-state index >= 15 is 0 Å². The number of pyridine rings is 1. The summed E-state index contributed by atoms with van der Waals surface area (Å²) in [4.78, 5) is 29.1. The SMILES string of the molecule is Cc1ccc(C(=O)N2CCO[C@H]3CCCC[C@@H]32)c(=O)[nH]1. The van der Waals surface area contributed by atoms with Gasteiger partial charge in [0.25, 0.3) is 11.5 Å². The van der Waals surface area contributed by atoms with E-state index < -0.39 is 0 Å². The highest BCUT2D eigenvalue weighted by molar-refractivity contribution is 5.94. The summed E-state index contributed by atoms with van der Waals surface area (Å²) in [5.74, 6) is -0.161. The van der Waals surface area contributed by atoms with Gasteiger partial charge < -0.3 is 14.6 Å². The number of hydrogen-bond acceptors (Lipinski definition) is 3. The van der Waals surface area contributed by atoms with Gasteiger partial charge in [-0.3, -0.25) is 9.59 Å². The molecule has 2 aliphatic rings. The maximum atomic E-state index is 12.6. The highest BCUT2D eigenvalue weighted by Crippen LogP contribution is 2.29. The van der Waals surface area contributed by atoms with Crippen LogP contribution in [-0.4, -0.2) is 41.1 Å². The summed E-state index contributed by atoms with van der Waals surface area (Å²) in [7, 11) is 0. The molecule has 1 aromatic rings. The number of nitrogens with one attached hydrogen (secondary N) is 1. The van der Waals surface area contributed by atoms with Crippen LogP contribution in [-0.2, 0) is 4.74 Å². The van der Waals surface area contributed by atoms with E-state index in [2.05, 4.69) is 4.98 Å². The quantitative estimate of drug-likeness (QED) is 0.845. The Morgan fingerprint density at radius 1 is 1.35 bits per heavy atom. The van der Waals surface area contributed by atoms with Crippen LogP contribution in [0.5, 0.6) is 0 Å². The zero-order valence-electron chi connectivity index (χ0n) is 11.7. The molecule has 0 aromatic carbocycles.